The molecule has 1 atom stereocenters. The number of nitrogen functional groups attached to an aromatic ring is 1. The molecule has 2 aromatic carbocycles. The maximum absolute atomic E-state index is 12.0. The number of anilines is 1. The number of ether oxygens (including phenoxy) is 3. The molecule has 0 aliphatic heterocycles. The number of hydrogen-bond donors (Lipinski definition) is 2. The van der Waals surface area contributed by atoms with E-state index in [1.807, 2.05) is 58.4 Å². The van der Waals surface area contributed by atoms with Crippen molar-refractivity contribution in [2.45, 2.75) is 40.2 Å². The highest BCUT2D eigenvalue weighted by Gasteiger charge is 2.52. The van der Waals surface area contributed by atoms with Gasteiger partial charge in [-0.2, -0.15) is 0 Å². The van der Waals surface area contributed by atoms with Crippen molar-refractivity contribution < 1.29 is 24.1 Å². The van der Waals surface area contributed by atoms with Gasteiger partial charge >= 0.3 is 6.16 Å². The fourth-order valence-electron chi connectivity index (χ4n) is 4.12. The second-order valence-corrected chi connectivity index (χ2v) is 8.54. The number of nitrogens with two attached hydrogens (primary N) is 1. The lowest BCUT2D eigenvalue weighted by atomic mass is 9.71. The molecule has 0 aliphatic rings. The number of benzene rings is 2. The molecule has 0 unspecified atom stereocenters. The van der Waals surface area contributed by atoms with Crippen molar-refractivity contribution in [3.05, 3.63) is 47.8 Å². The summed E-state index contributed by atoms with van der Waals surface area (Å²) in [6, 6.07) is 10.6. The van der Waals surface area contributed by atoms with Crippen molar-refractivity contribution in [2.75, 3.05) is 18.9 Å². The molecule has 0 radical (unpaired) electrons. The van der Waals surface area contributed by atoms with Crippen LogP contribution in [0.15, 0.2) is 36.4 Å². The Morgan fingerprint density at radius 1 is 1.03 bits per heavy atom. The molecule has 172 valence electrons. The monoisotopic (exact) mass is 441 g/mol. The number of carbonyl (C=O) groups is 1. The quantitative estimate of drug-likeness (QED) is 0.395. The fraction of sp³-hybridized carbons (Fsp3) is 0.417. The van der Waals surface area contributed by atoms with E-state index in [0.717, 1.165) is 0 Å². The molecule has 0 saturated heterocycles. The van der Waals surface area contributed by atoms with Crippen molar-refractivity contribution in [3.8, 4) is 11.5 Å². The third-order valence-corrected chi connectivity index (χ3v) is 5.48. The zero-order valence-corrected chi connectivity index (χ0v) is 19.4. The normalized spacial score (nSPS) is 13.6. The molecule has 3 N–H and O–H groups in total. The topological polar surface area (TPSA) is 109 Å². The van der Waals surface area contributed by atoms with Crippen LogP contribution in [0.1, 0.15) is 46.0 Å². The Morgan fingerprint density at radius 3 is 2.12 bits per heavy atom. The molecule has 0 fully saturated rings. The van der Waals surface area contributed by atoms with Gasteiger partial charge in [-0.3, -0.25) is 0 Å². The number of rotatable bonds is 7. The summed E-state index contributed by atoms with van der Waals surface area (Å²) in [5.41, 5.74) is 6.22. The van der Waals surface area contributed by atoms with E-state index in [1.54, 1.807) is 24.3 Å². The fourth-order valence-corrected chi connectivity index (χ4v) is 4.12. The predicted octanol–water partition coefficient (Wildman–Crippen LogP) is 4.94. The first-order valence-electron chi connectivity index (χ1n) is 10.6. The lowest BCUT2D eigenvalue weighted by Crippen LogP contribution is -2.47. The molecule has 1 heterocycles. The number of carboxylic acid groups (broad SMARTS) is 1. The highest BCUT2D eigenvalue weighted by molar-refractivity contribution is 5.88. The first-order chi connectivity index (χ1) is 15.1. The zero-order chi connectivity index (χ0) is 23.7. The Bertz CT molecular complexity index is 1120. The minimum atomic E-state index is -1.44. The lowest BCUT2D eigenvalue weighted by Gasteiger charge is -2.42. The summed E-state index contributed by atoms with van der Waals surface area (Å²) >= 11 is 0. The average molecular weight is 442 g/mol. The zero-order valence-electron chi connectivity index (χ0n) is 19.4. The SMILES string of the molecule is CCOc1ccc(OCC)c2c1nc([C@](OC(=O)O)(c1ccc(N)cc1)C(C)(C)C)n2C. The standard InChI is InChI=1S/C24H31N3O5/c1-7-30-17-13-14-18(31-8-2)20-19(17)26-21(27(20)6)24(23(3,4)5,32-22(28)29)15-9-11-16(25)12-10-15/h9-14H,7-8,25H2,1-6H3,(H,28,29)/t24-/m1/s1. The van der Waals surface area contributed by atoms with E-state index in [-0.39, 0.29) is 0 Å². The van der Waals surface area contributed by atoms with Gasteiger partial charge < -0.3 is 29.6 Å². The van der Waals surface area contributed by atoms with E-state index in [2.05, 4.69) is 0 Å². The third kappa shape index (κ3) is 3.81. The summed E-state index contributed by atoms with van der Waals surface area (Å²) in [7, 11) is 1.83. The van der Waals surface area contributed by atoms with Crippen molar-refractivity contribution in [1.82, 2.24) is 9.55 Å². The Balaban J connectivity index is 2.45. The Morgan fingerprint density at radius 2 is 1.59 bits per heavy atom. The number of fused-ring (bicyclic) bond motifs is 1. The highest BCUT2D eigenvalue weighted by atomic mass is 16.7. The minimum Gasteiger partial charge on any atom is -0.492 e. The first-order valence-corrected chi connectivity index (χ1v) is 10.6. The van der Waals surface area contributed by atoms with E-state index in [9.17, 15) is 9.90 Å². The summed E-state index contributed by atoms with van der Waals surface area (Å²) < 4.78 is 19.2. The van der Waals surface area contributed by atoms with Crippen LogP contribution in [0, 0.1) is 5.41 Å². The van der Waals surface area contributed by atoms with Crippen LogP contribution in [0.3, 0.4) is 0 Å². The Labute approximate surface area is 187 Å². The average Bonchev–Trinajstić information content (AvgIpc) is 3.06. The largest absolute Gasteiger partial charge is 0.507 e. The molecule has 8 nitrogen and oxygen atoms in total. The van der Waals surface area contributed by atoms with Crippen molar-refractivity contribution in [1.29, 1.82) is 0 Å². The summed E-state index contributed by atoms with van der Waals surface area (Å²) in [5, 5.41) is 9.80. The molecule has 0 amide bonds. The van der Waals surface area contributed by atoms with E-state index < -0.39 is 17.2 Å². The van der Waals surface area contributed by atoms with Gasteiger partial charge in [-0.25, -0.2) is 9.78 Å². The molecular weight excluding hydrogens is 410 g/mol. The maximum atomic E-state index is 12.0. The van der Waals surface area contributed by atoms with Crippen LogP contribution in [0.4, 0.5) is 10.5 Å². The van der Waals surface area contributed by atoms with Crippen LogP contribution in [0.2, 0.25) is 0 Å². The molecule has 1 aromatic heterocycles. The van der Waals surface area contributed by atoms with Gasteiger partial charge in [0.25, 0.3) is 0 Å². The van der Waals surface area contributed by atoms with Crippen LogP contribution in [-0.4, -0.2) is 34.0 Å². The second-order valence-electron chi connectivity index (χ2n) is 8.54. The maximum Gasteiger partial charge on any atom is 0.507 e. The summed E-state index contributed by atoms with van der Waals surface area (Å²) in [6.45, 7) is 10.5. The molecule has 0 saturated carbocycles. The molecule has 8 heteroatoms. The Kier molecular flexibility index (Phi) is 6.25. The van der Waals surface area contributed by atoms with Crippen LogP contribution in [0.5, 0.6) is 11.5 Å². The highest BCUT2D eigenvalue weighted by Crippen LogP contribution is 2.49. The van der Waals surface area contributed by atoms with Crippen molar-refractivity contribution in [3.63, 3.8) is 0 Å². The molecule has 0 spiro atoms. The van der Waals surface area contributed by atoms with E-state index in [4.69, 9.17) is 24.9 Å². The number of aromatic nitrogens is 2. The van der Waals surface area contributed by atoms with E-state index >= 15 is 0 Å². The molecule has 3 aromatic rings. The van der Waals surface area contributed by atoms with Gasteiger partial charge in [0, 0.05) is 23.7 Å². The molecular formula is C24H31N3O5. The lowest BCUT2D eigenvalue weighted by molar-refractivity contribution is -0.0698. The summed E-state index contributed by atoms with van der Waals surface area (Å²) in [4.78, 5) is 16.9. The number of imidazole rings is 1. The van der Waals surface area contributed by atoms with Gasteiger partial charge in [0.15, 0.2) is 5.82 Å². The second kappa shape index (κ2) is 8.61. The first kappa shape index (κ1) is 23.2. The number of hydrogen-bond acceptors (Lipinski definition) is 6. The van der Waals surface area contributed by atoms with Gasteiger partial charge in [-0.05, 0) is 38.1 Å². The van der Waals surface area contributed by atoms with Gasteiger partial charge in [-0.15, -0.1) is 0 Å². The van der Waals surface area contributed by atoms with E-state index in [1.165, 1.54) is 0 Å². The van der Waals surface area contributed by atoms with Gasteiger partial charge in [0.1, 0.15) is 22.5 Å². The predicted molar refractivity (Wildman–Crippen MR) is 123 cm³/mol. The number of nitrogens with zero attached hydrogens (tertiary/aromatic N) is 2. The number of aryl methyl sites for hydroxylation is 1. The summed E-state index contributed by atoms with van der Waals surface area (Å²) in [6.07, 6.45) is -1.40. The molecule has 0 aliphatic carbocycles. The van der Waals surface area contributed by atoms with Gasteiger partial charge in [0.2, 0.25) is 5.60 Å². The van der Waals surface area contributed by atoms with Gasteiger partial charge in [0.05, 0.1) is 13.2 Å². The van der Waals surface area contributed by atoms with Crippen LogP contribution in [-0.2, 0) is 17.4 Å². The van der Waals surface area contributed by atoms with Crippen LogP contribution >= 0.6 is 0 Å². The third-order valence-electron chi connectivity index (χ3n) is 5.48. The van der Waals surface area contributed by atoms with Crippen molar-refractivity contribution in [2.24, 2.45) is 12.5 Å². The van der Waals surface area contributed by atoms with Crippen LogP contribution < -0.4 is 15.2 Å². The van der Waals surface area contributed by atoms with E-state index in [0.29, 0.717) is 52.8 Å². The molecule has 32 heavy (non-hydrogen) atoms. The smallest absolute Gasteiger partial charge is 0.492 e. The van der Waals surface area contributed by atoms with Crippen molar-refractivity contribution >= 4 is 22.9 Å². The Hall–Kier alpha value is -3.42. The molecule has 3 rings (SSSR count). The summed E-state index contributed by atoms with van der Waals surface area (Å²) in [5.74, 6) is 1.63. The minimum absolute atomic E-state index is 0.417. The van der Waals surface area contributed by atoms with Gasteiger partial charge in [-0.1, -0.05) is 32.9 Å². The van der Waals surface area contributed by atoms with Crippen LogP contribution in [0.25, 0.3) is 11.0 Å². The molecule has 0 bridgehead atoms.